The van der Waals surface area contributed by atoms with E-state index in [1.165, 1.54) is 6.42 Å². The minimum absolute atomic E-state index is 0.0977. The second-order valence-corrected chi connectivity index (χ2v) is 10.6. The van der Waals surface area contributed by atoms with E-state index in [1.54, 1.807) is 6.08 Å². The predicted molar refractivity (Wildman–Crippen MR) is 106 cm³/mol. The van der Waals surface area contributed by atoms with Crippen molar-refractivity contribution in [1.29, 1.82) is 0 Å². The minimum Gasteiger partial charge on any atom is -0.450 e. The van der Waals surface area contributed by atoms with Gasteiger partial charge in [0.2, 0.25) is 0 Å². The van der Waals surface area contributed by atoms with Crippen molar-refractivity contribution in [2.75, 3.05) is 13.1 Å². The molecule has 6 nitrogen and oxygen atoms in total. The summed E-state index contributed by atoms with van der Waals surface area (Å²) < 4.78 is 12.3. The maximum Gasteiger partial charge on any atom is 0.335 e. The first kappa shape index (κ1) is 16.7. The molecule has 4 saturated heterocycles. The van der Waals surface area contributed by atoms with E-state index in [4.69, 9.17) is 9.47 Å². The lowest BCUT2D eigenvalue weighted by molar-refractivity contribution is -0.150. The lowest BCUT2D eigenvalue weighted by Crippen LogP contribution is -2.43. The van der Waals surface area contributed by atoms with Gasteiger partial charge in [-0.05, 0) is 50.8 Å². The summed E-state index contributed by atoms with van der Waals surface area (Å²) in [6.07, 6.45) is 13.3. The molecule has 8 rings (SSSR count). The Bertz CT molecular complexity index is 1010. The third-order valence-corrected chi connectivity index (χ3v) is 9.66. The summed E-state index contributed by atoms with van der Waals surface area (Å²) in [6, 6.07) is 1.28. The van der Waals surface area contributed by atoms with E-state index in [2.05, 4.69) is 22.0 Å². The third-order valence-electron chi connectivity index (χ3n) is 9.66. The Kier molecular flexibility index (Phi) is 2.85. The molecule has 1 saturated carbocycles. The predicted octanol–water partition coefficient (Wildman–Crippen LogP) is 1.86. The van der Waals surface area contributed by atoms with Gasteiger partial charge >= 0.3 is 11.9 Å². The number of hydrogen-bond acceptors (Lipinski definition) is 6. The topological polar surface area (TPSA) is 59.1 Å². The second kappa shape index (κ2) is 5.10. The standard InChI is InChI=1S/C24H26N2O4/c27-20-10-13-9-15(17-12-23(13,29-20)18-3-2-8-26(17)18)21-16-6-5-14-11-24(16,30-22(21)28)19-4-1-7-25(14)19/h5-6,10,14-15,17-19H,1-4,7-9,11-12H2. The van der Waals surface area contributed by atoms with E-state index < -0.39 is 11.2 Å². The first-order chi connectivity index (χ1) is 14.6. The number of ether oxygens (including phenoxy) is 2. The number of rotatable bonds is 1. The molecule has 6 aliphatic heterocycles. The normalized spacial score (nSPS) is 50.4. The molecule has 2 aliphatic carbocycles. The van der Waals surface area contributed by atoms with E-state index >= 15 is 0 Å². The third kappa shape index (κ3) is 1.67. The summed E-state index contributed by atoms with van der Waals surface area (Å²) in [6.45, 7) is 2.15. The highest BCUT2D eigenvalue weighted by molar-refractivity contribution is 5.96. The average molecular weight is 406 g/mol. The fraction of sp³-hybridized carbons (Fsp3) is 0.667. The molecule has 8 aliphatic rings. The summed E-state index contributed by atoms with van der Waals surface area (Å²) in [5.74, 6) is -0.199. The molecule has 0 amide bonds. The van der Waals surface area contributed by atoms with Crippen LogP contribution in [0.5, 0.6) is 0 Å². The van der Waals surface area contributed by atoms with Crippen LogP contribution in [0.15, 0.2) is 34.9 Å². The molecule has 0 aromatic heterocycles. The van der Waals surface area contributed by atoms with Gasteiger partial charge in [-0.25, -0.2) is 9.59 Å². The maximum atomic E-state index is 13.5. The quantitative estimate of drug-likeness (QED) is 0.620. The number of carbonyl (C=O) groups excluding carboxylic acids is 2. The SMILES string of the molecule is O=C1C=C2CC(C3=C4C=CC5CC4(OC3=O)C3CCCN53)C3CC2(O1)C1CCCN31. The fourth-order valence-corrected chi connectivity index (χ4v) is 8.75. The Morgan fingerprint density at radius 2 is 1.77 bits per heavy atom. The Labute approximate surface area is 175 Å². The van der Waals surface area contributed by atoms with Gasteiger partial charge in [0.25, 0.3) is 0 Å². The fourth-order valence-electron chi connectivity index (χ4n) is 8.75. The molecule has 30 heavy (non-hydrogen) atoms. The highest BCUT2D eigenvalue weighted by Gasteiger charge is 2.68. The number of fused-ring (bicyclic) bond motifs is 6. The molecule has 0 radical (unpaired) electrons. The summed E-state index contributed by atoms with van der Waals surface area (Å²) in [5, 5.41) is 0. The summed E-state index contributed by atoms with van der Waals surface area (Å²) >= 11 is 0. The van der Waals surface area contributed by atoms with Gasteiger partial charge < -0.3 is 9.47 Å². The molecule has 6 heterocycles. The zero-order valence-electron chi connectivity index (χ0n) is 17.0. The number of hydrogen-bond donors (Lipinski definition) is 0. The van der Waals surface area contributed by atoms with Crippen molar-refractivity contribution in [2.24, 2.45) is 5.92 Å². The van der Waals surface area contributed by atoms with Crippen LogP contribution in [0.1, 0.15) is 44.9 Å². The van der Waals surface area contributed by atoms with Gasteiger partial charge in [-0.15, -0.1) is 0 Å². The lowest BCUT2D eigenvalue weighted by atomic mass is 9.69. The average Bonchev–Trinajstić information content (AvgIpc) is 3.50. The maximum absolute atomic E-state index is 13.5. The Morgan fingerprint density at radius 1 is 0.967 bits per heavy atom. The molecule has 0 aromatic carbocycles. The van der Waals surface area contributed by atoms with E-state index in [1.807, 2.05) is 0 Å². The summed E-state index contributed by atoms with van der Waals surface area (Å²) in [7, 11) is 0. The first-order valence-electron chi connectivity index (χ1n) is 11.7. The van der Waals surface area contributed by atoms with Gasteiger partial charge in [0.1, 0.15) is 0 Å². The first-order valence-corrected chi connectivity index (χ1v) is 11.7. The van der Waals surface area contributed by atoms with Crippen LogP contribution in [-0.2, 0) is 19.1 Å². The summed E-state index contributed by atoms with van der Waals surface area (Å²) in [4.78, 5) is 30.9. The summed E-state index contributed by atoms with van der Waals surface area (Å²) in [5.41, 5.74) is 2.32. The largest absolute Gasteiger partial charge is 0.450 e. The Morgan fingerprint density at radius 3 is 2.63 bits per heavy atom. The van der Waals surface area contributed by atoms with Crippen molar-refractivity contribution in [1.82, 2.24) is 9.80 Å². The van der Waals surface area contributed by atoms with Crippen molar-refractivity contribution in [3.05, 3.63) is 34.9 Å². The molecule has 7 atom stereocenters. The second-order valence-electron chi connectivity index (χ2n) is 10.6. The van der Waals surface area contributed by atoms with Crippen molar-refractivity contribution in [3.63, 3.8) is 0 Å². The Balaban J connectivity index is 1.29. The van der Waals surface area contributed by atoms with Gasteiger partial charge in [0.05, 0.1) is 12.1 Å². The van der Waals surface area contributed by atoms with Crippen molar-refractivity contribution in [2.45, 2.75) is 80.3 Å². The Hall–Kier alpha value is -1.92. The highest BCUT2D eigenvalue weighted by Crippen LogP contribution is 2.61. The zero-order chi connectivity index (χ0) is 19.8. The van der Waals surface area contributed by atoms with Gasteiger partial charge in [0.15, 0.2) is 11.2 Å². The molecule has 2 spiro atoms. The van der Waals surface area contributed by atoms with Crippen LogP contribution < -0.4 is 0 Å². The molecule has 4 bridgehead atoms. The number of nitrogens with zero attached hydrogens (tertiary/aromatic N) is 2. The zero-order valence-corrected chi connectivity index (χ0v) is 17.0. The number of carbonyl (C=O) groups is 2. The van der Waals surface area contributed by atoms with Crippen LogP contribution >= 0.6 is 0 Å². The molecule has 7 unspecified atom stereocenters. The van der Waals surface area contributed by atoms with Crippen LogP contribution in [0, 0.1) is 5.92 Å². The van der Waals surface area contributed by atoms with Crippen molar-refractivity contribution in [3.8, 4) is 0 Å². The minimum atomic E-state index is -0.434. The van der Waals surface area contributed by atoms with Crippen LogP contribution in [0.2, 0.25) is 0 Å². The number of esters is 2. The van der Waals surface area contributed by atoms with Crippen LogP contribution in [0.3, 0.4) is 0 Å². The molecule has 6 heteroatoms. The van der Waals surface area contributed by atoms with Gasteiger partial charge in [-0.3, -0.25) is 9.80 Å². The lowest BCUT2D eigenvalue weighted by Gasteiger charge is -2.37. The molecular weight excluding hydrogens is 380 g/mol. The van der Waals surface area contributed by atoms with Crippen LogP contribution in [0.25, 0.3) is 0 Å². The molecule has 156 valence electrons. The van der Waals surface area contributed by atoms with Gasteiger partial charge in [-0.2, -0.15) is 0 Å². The van der Waals surface area contributed by atoms with Gasteiger partial charge in [-0.1, -0.05) is 12.2 Å². The van der Waals surface area contributed by atoms with E-state index in [0.29, 0.717) is 12.1 Å². The van der Waals surface area contributed by atoms with E-state index in [-0.39, 0.29) is 29.9 Å². The molecule has 5 fully saturated rings. The van der Waals surface area contributed by atoms with Gasteiger partial charge in [0, 0.05) is 48.1 Å². The van der Waals surface area contributed by atoms with Crippen LogP contribution in [-0.4, -0.2) is 70.2 Å². The van der Waals surface area contributed by atoms with Crippen LogP contribution in [0.4, 0.5) is 0 Å². The van der Waals surface area contributed by atoms with Crippen molar-refractivity contribution < 1.29 is 19.1 Å². The molecule has 0 N–H and O–H groups in total. The smallest absolute Gasteiger partial charge is 0.335 e. The van der Waals surface area contributed by atoms with Crippen molar-refractivity contribution >= 4 is 11.9 Å². The highest BCUT2D eigenvalue weighted by atomic mass is 16.6. The molecule has 0 aromatic rings. The monoisotopic (exact) mass is 406 g/mol. The van der Waals surface area contributed by atoms with E-state index in [0.717, 1.165) is 68.3 Å². The van der Waals surface area contributed by atoms with E-state index in [9.17, 15) is 9.59 Å². The molecular formula is C24H26N2O4.